The van der Waals surface area contributed by atoms with Gasteiger partial charge in [-0.3, -0.25) is 0 Å². The van der Waals surface area contributed by atoms with E-state index in [1.807, 2.05) is 75.4 Å². The molecule has 3 aromatic rings. The van der Waals surface area contributed by atoms with Crippen molar-refractivity contribution in [2.45, 2.75) is 50.4 Å². The van der Waals surface area contributed by atoms with E-state index in [0.29, 0.717) is 12.2 Å². The van der Waals surface area contributed by atoms with E-state index < -0.39 is 17.3 Å². The largest absolute Gasteiger partial charge is 0.478 e. The van der Waals surface area contributed by atoms with Crippen LogP contribution in [0.2, 0.25) is 0 Å². The van der Waals surface area contributed by atoms with E-state index in [9.17, 15) is 10.2 Å². The summed E-state index contributed by atoms with van der Waals surface area (Å²) in [6, 6.07) is 22.3. The lowest BCUT2D eigenvalue weighted by Gasteiger charge is -2.41. The smallest absolute Gasteiger partial charge is 0.176 e. The molecule has 148 valence electrons. The molecule has 3 nitrogen and oxygen atoms in total. The number of aliphatic hydroxyl groups is 2. The highest BCUT2D eigenvalue weighted by Crippen LogP contribution is 2.67. The number of benzene rings is 3. The molecule has 1 saturated carbocycles. The third-order valence-corrected chi connectivity index (χ3v) is 6.78. The zero-order valence-electron chi connectivity index (χ0n) is 17.0. The molecule has 0 bridgehead atoms. The van der Waals surface area contributed by atoms with Crippen LogP contribution >= 0.6 is 0 Å². The maximum Gasteiger partial charge on any atom is 0.176 e. The van der Waals surface area contributed by atoms with Gasteiger partial charge in [0.25, 0.3) is 0 Å². The van der Waals surface area contributed by atoms with Gasteiger partial charge < -0.3 is 14.9 Å². The molecule has 29 heavy (non-hydrogen) atoms. The molecule has 1 aliphatic carbocycles. The Balaban J connectivity index is 1.83. The number of ether oxygens (including phenoxy) is 1. The molecule has 0 saturated heterocycles. The Bertz CT molecular complexity index is 1070. The Morgan fingerprint density at radius 2 is 1.59 bits per heavy atom. The van der Waals surface area contributed by atoms with Gasteiger partial charge in [-0.2, -0.15) is 0 Å². The van der Waals surface area contributed by atoms with Crippen LogP contribution < -0.4 is 4.74 Å². The van der Waals surface area contributed by atoms with Crippen LogP contribution in [-0.4, -0.2) is 16.3 Å². The zero-order valence-corrected chi connectivity index (χ0v) is 17.0. The van der Waals surface area contributed by atoms with Gasteiger partial charge in [-0.25, -0.2) is 0 Å². The second-order valence-electron chi connectivity index (χ2n) is 8.64. The van der Waals surface area contributed by atoms with E-state index in [1.165, 1.54) is 0 Å². The molecular weight excluding hydrogens is 360 g/mol. The van der Waals surface area contributed by atoms with Crippen LogP contribution in [0.5, 0.6) is 5.75 Å². The van der Waals surface area contributed by atoms with Gasteiger partial charge in [-0.05, 0) is 55.5 Å². The zero-order chi connectivity index (χ0) is 20.4. The molecule has 3 heteroatoms. The number of hydrogen-bond acceptors (Lipinski definition) is 3. The molecule has 0 radical (unpaired) electrons. The first kappa shape index (κ1) is 18.4. The van der Waals surface area contributed by atoms with Crippen LogP contribution in [0.4, 0.5) is 0 Å². The highest BCUT2D eigenvalue weighted by molar-refractivity contribution is 5.58. The fourth-order valence-corrected chi connectivity index (χ4v) is 5.58. The van der Waals surface area contributed by atoms with Gasteiger partial charge in [0.15, 0.2) is 11.2 Å². The SMILES string of the molecule is Cc1ccc([C@@]23Oc4cc(C)cc(C)c4[C@]2(O)[C@@H](O)C[C@H]3c2ccccc2)cc1. The van der Waals surface area contributed by atoms with Crippen LogP contribution in [0.15, 0.2) is 66.7 Å². The molecule has 0 unspecified atom stereocenters. The Kier molecular flexibility index (Phi) is 3.93. The summed E-state index contributed by atoms with van der Waals surface area (Å²) in [4.78, 5) is 0. The number of rotatable bonds is 2. The second kappa shape index (κ2) is 6.19. The van der Waals surface area contributed by atoms with Gasteiger partial charge in [0.05, 0.1) is 6.10 Å². The molecular formula is C26H26O3. The van der Waals surface area contributed by atoms with Crippen molar-refractivity contribution in [1.82, 2.24) is 0 Å². The number of hydrogen-bond donors (Lipinski definition) is 2. The maximum absolute atomic E-state index is 12.3. The van der Waals surface area contributed by atoms with Crippen molar-refractivity contribution >= 4 is 0 Å². The third-order valence-electron chi connectivity index (χ3n) is 6.78. The molecule has 1 aliphatic heterocycles. The minimum Gasteiger partial charge on any atom is -0.478 e. The van der Waals surface area contributed by atoms with Crippen LogP contribution in [0, 0.1) is 20.8 Å². The first-order valence-electron chi connectivity index (χ1n) is 10.2. The first-order valence-corrected chi connectivity index (χ1v) is 10.2. The molecule has 0 amide bonds. The highest BCUT2D eigenvalue weighted by atomic mass is 16.5. The Labute approximate surface area is 171 Å². The van der Waals surface area contributed by atoms with E-state index in [4.69, 9.17) is 4.74 Å². The second-order valence-corrected chi connectivity index (χ2v) is 8.64. The molecule has 1 fully saturated rings. The molecule has 0 aromatic heterocycles. The topological polar surface area (TPSA) is 49.7 Å². The predicted octanol–water partition coefficient (Wildman–Crippen LogP) is 4.64. The lowest BCUT2D eigenvalue weighted by Crippen LogP contribution is -2.52. The minimum atomic E-state index is -1.52. The van der Waals surface area contributed by atoms with Crippen LogP contribution in [-0.2, 0) is 11.2 Å². The molecule has 3 aromatic carbocycles. The summed E-state index contributed by atoms with van der Waals surface area (Å²) in [6.45, 7) is 6.06. The van der Waals surface area contributed by atoms with E-state index >= 15 is 0 Å². The molecule has 1 heterocycles. The number of aryl methyl sites for hydroxylation is 3. The van der Waals surface area contributed by atoms with E-state index in [0.717, 1.165) is 33.4 Å². The molecule has 0 spiro atoms. The Morgan fingerprint density at radius 3 is 2.28 bits per heavy atom. The summed E-state index contributed by atoms with van der Waals surface area (Å²) in [6.07, 6.45) is -0.502. The van der Waals surface area contributed by atoms with Gasteiger partial charge in [0, 0.05) is 11.5 Å². The molecule has 2 N–H and O–H groups in total. The minimum absolute atomic E-state index is 0.182. The van der Waals surface area contributed by atoms with Gasteiger partial charge in [0.2, 0.25) is 0 Å². The fourth-order valence-electron chi connectivity index (χ4n) is 5.58. The van der Waals surface area contributed by atoms with Gasteiger partial charge in [-0.15, -0.1) is 0 Å². The summed E-state index contributed by atoms with van der Waals surface area (Å²) >= 11 is 0. The normalized spacial score (nSPS) is 30.0. The summed E-state index contributed by atoms with van der Waals surface area (Å²) in [7, 11) is 0. The highest BCUT2D eigenvalue weighted by Gasteiger charge is 2.72. The van der Waals surface area contributed by atoms with Gasteiger partial charge in [0.1, 0.15) is 5.75 Å². The van der Waals surface area contributed by atoms with E-state index in [2.05, 4.69) is 12.1 Å². The van der Waals surface area contributed by atoms with Gasteiger partial charge in [-0.1, -0.05) is 66.2 Å². The summed E-state index contributed by atoms with van der Waals surface area (Å²) in [5.74, 6) is 0.490. The van der Waals surface area contributed by atoms with Crippen molar-refractivity contribution in [1.29, 1.82) is 0 Å². The average molecular weight is 386 g/mol. The Hall–Kier alpha value is -2.62. The number of fused-ring (bicyclic) bond motifs is 3. The fraction of sp³-hybridized carbons (Fsp3) is 0.308. The van der Waals surface area contributed by atoms with Crippen LogP contribution in [0.3, 0.4) is 0 Å². The summed E-state index contributed by atoms with van der Waals surface area (Å²) in [5, 5.41) is 23.5. The molecule has 2 aliphatic rings. The summed E-state index contributed by atoms with van der Waals surface area (Å²) in [5.41, 5.74) is 3.24. The quantitative estimate of drug-likeness (QED) is 0.675. The molecule has 4 atom stereocenters. The van der Waals surface area contributed by atoms with Crippen molar-refractivity contribution in [3.63, 3.8) is 0 Å². The predicted molar refractivity (Wildman–Crippen MR) is 113 cm³/mol. The van der Waals surface area contributed by atoms with Crippen LogP contribution in [0.1, 0.15) is 45.7 Å². The molecule has 5 rings (SSSR count). The van der Waals surface area contributed by atoms with E-state index in [1.54, 1.807) is 0 Å². The van der Waals surface area contributed by atoms with Crippen molar-refractivity contribution in [2.75, 3.05) is 0 Å². The lowest BCUT2D eigenvalue weighted by molar-refractivity contribution is -0.149. The maximum atomic E-state index is 12.3. The Morgan fingerprint density at radius 1 is 0.897 bits per heavy atom. The van der Waals surface area contributed by atoms with Crippen LogP contribution in [0.25, 0.3) is 0 Å². The van der Waals surface area contributed by atoms with E-state index in [-0.39, 0.29) is 5.92 Å². The third kappa shape index (κ3) is 2.32. The van der Waals surface area contributed by atoms with Crippen molar-refractivity contribution in [3.8, 4) is 5.75 Å². The standard InChI is InChI=1S/C26H26O3/c1-16-9-11-20(12-10-16)26-21(19-7-5-4-6-8-19)15-23(27)25(26,28)24-18(3)13-17(2)14-22(24)29-26/h4-14,21,23,27-28H,15H2,1-3H3/t21-,23-,25+,26-/m0/s1. The van der Waals surface area contributed by atoms with Crippen molar-refractivity contribution < 1.29 is 14.9 Å². The van der Waals surface area contributed by atoms with Gasteiger partial charge >= 0.3 is 0 Å². The average Bonchev–Trinajstić information content (AvgIpc) is 3.09. The van der Waals surface area contributed by atoms with Crippen molar-refractivity contribution in [2.24, 2.45) is 0 Å². The first-order chi connectivity index (χ1) is 13.9. The number of aliphatic hydroxyl groups excluding tert-OH is 1. The summed E-state index contributed by atoms with van der Waals surface area (Å²) < 4.78 is 6.74. The monoisotopic (exact) mass is 386 g/mol. The lowest BCUT2D eigenvalue weighted by atomic mass is 9.70. The van der Waals surface area contributed by atoms with Crippen molar-refractivity contribution in [3.05, 3.63) is 100 Å².